The fraction of sp³-hybridized carbons (Fsp3) is 0.429. The lowest BCUT2D eigenvalue weighted by Crippen LogP contribution is -2.35. The van der Waals surface area contributed by atoms with E-state index in [9.17, 15) is 14.3 Å². The van der Waals surface area contributed by atoms with Gasteiger partial charge in [-0.25, -0.2) is 9.37 Å². The lowest BCUT2D eigenvalue weighted by Gasteiger charge is -2.21. The number of β-amino-alcohol motifs (C(OH)–C–C–N with tert-alkyl or cyclic N) is 1. The molecule has 2 N–H and O–H groups in total. The van der Waals surface area contributed by atoms with Gasteiger partial charge in [-0.1, -0.05) is 0 Å². The van der Waals surface area contributed by atoms with Crippen LogP contribution in [0.2, 0.25) is 0 Å². The predicted octanol–water partition coefficient (Wildman–Crippen LogP) is 2.38. The molecule has 2 heterocycles. The Morgan fingerprint density at radius 1 is 1.41 bits per heavy atom. The summed E-state index contributed by atoms with van der Waals surface area (Å²) < 4.78 is 25.0. The van der Waals surface area contributed by atoms with Crippen molar-refractivity contribution in [2.24, 2.45) is 0 Å². The number of nitrogens with zero attached hydrogens (tertiary/aromatic N) is 2. The lowest BCUT2D eigenvalue weighted by molar-refractivity contribution is -0.114. The van der Waals surface area contributed by atoms with Gasteiger partial charge in [-0.05, 0) is 37.1 Å². The van der Waals surface area contributed by atoms with E-state index in [0.717, 1.165) is 18.5 Å². The van der Waals surface area contributed by atoms with Crippen LogP contribution in [0.5, 0.6) is 11.6 Å². The molecule has 2 atom stereocenters. The van der Waals surface area contributed by atoms with E-state index in [2.05, 4.69) is 15.2 Å². The first-order valence-electron chi connectivity index (χ1n) is 9.58. The van der Waals surface area contributed by atoms with Gasteiger partial charge in [-0.2, -0.15) is 0 Å². The van der Waals surface area contributed by atoms with Gasteiger partial charge in [0, 0.05) is 44.9 Å². The number of aromatic nitrogens is 1. The maximum Gasteiger partial charge on any atom is 0.221 e. The van der Waals surface area contributed by atoms with Crippen LogP contribution in [0.25, 0.3) is 0 Å². The highest BCUT2D eigenvalue weighted by atomic mass is 19.1. The SMILES string of the molecule is CC(=O)Nc1ccc(F)cc1OC[C@@H](O)CN1CCC(Oc2cc(C)ccn2)C1. The Morgan fingerprint density at radius 3 is 3.00 bits per heavy atom. The number of rotatable bonds is 8. The summed E-state index contributed by atoms with van der Waals surface area (Å²) >= 11 is 0. The summed E-state index contributed by atoms with van der Waals surface area (Å²) in [6.45, 7) is 5.22. The van der Waals surface area contributed by atoms with Crippen LogP contribution in [0.1, 0.15) is 18.9 Å². The average molecular weight is 403 g/mol. The number of carbonyl (C=O) groups is 1. The molecular weight excluding hydrogens is 377 g/mol. The van der Waals surface area contributed by atoms with Crippen LogP contribution in [-0.4, -0.2) is 59.3 Å². The van der Waals surface area contributed by atoms with Crippen molar-refractivity contribution in [2.45, 2.75) is 32.5 Å². The largest absolute Gasteiger partial charge is 0.489 e. The van der Waals surface area contributed by atoms with Crippen molar-refractivity contribution in [3.05, 3.63) is 47.9 Å². The van der Waals surface area contributed by atoms with Gasteiger partial charge in [0.2, 0.25) is 11.8 Å². The number of ether oxygens (including phenoxy) is 2. The Hall–Kier alpha value is -2.71. The summed E-state index contributed by atoms with van der Waals surface area (Å²) in [6.07, 6.45) is 1.83. The van der Waals surface area contributed by atoms with Crippen LogP contribution in [0.3, 0.4) is 0 Å². The zero-order chi connectivity index (χ0) is 20.8. The highest BCUT2D eigenvalue weighted by Gasteiger charge is 2.26. The standard InChI is InChI=1S/C21H26FN3O4/c1-14-5-7-23-21(9-14)29-18-6-8-25(12-18)11-17(27)13-28-20-10-16(22)3-4-19(20)24-15(2)26/h3-5,7,9-10,17-18,27H,6,8,11-13H2,1-2H3,(H,24,26)/t17-,18?/m0/s1. The number of hydrogen-bond acceptors (Lipinski definition) is 6. The summed E-state index contributed by atoms with van der Waals surface area (Å²) in [4.78, 5) is 17.6. The molecule has 3 rings (SSSR count). The lowest BCUT2D eigenvalue weighted by atomic mass is 10.2. The molecule has 0 radical (unpaired) electrons. The first kappa shape index (κ1) is 21.0. The van der Waals surface area contributed by atoms with Gasteiger partial charge >= 0.3 is 0 Å². The fourth-order valence-electron chi connectivity index (χ4n) is 3.25. The maximum absolute atomic E-state index is 13.5. The molecule has 7 nitrogen and oxygen atoms in total. The quantitative estimate of drug-likeness (QED) is 0.704. The van der Waals surface area contributed by atoms with E-state index in [0.29, 0.717) is 24.7 Å². The Morgan fingerprint density at radius 2 is 2.24 bits per heavy atom. The second-order valence-corrected chi connectivity index (χ2v) is 7.25. The zero-order valence-electron chi connectivity index (χ0n) is 16.6. The van der Waals surface area contributed by atoms with E-state index >= 15 is 0 Å². The van der Waals surface area contributed by atoms with Gasteiger partial charge in [0.25, 0.3) is 0 Å². The summed E-state index contributed by atoms with van der Waals surface area (Å²) in [5.41, 5.74) is 1.46. The van der Waals surface area contributed by atoms with Gasteiger partial charge in [0.1, 0.15) is 30.4 Å². The molecule has 1 aliphatic heterocycles. The number of aliphatic hydroxyl groups is 1. The molecule has 2 aromatic rings. The van der Waals surface area contributed by atoms with Gasteiger partial charge in [0.15, 0.2) is 0 Å². The number of pyridine rings is 1. The maximum atomic E-state index is 13.5. The van der Waals surface area contributed by atoms with E-state index in [-0.39, 0.29) is 24.4 Å². The monoisotopic (exact) mass is 403 g/mol. The molecule has 156 valence electrons. The molecule has 1 aliphatic rings. The van der Waals surface area contributed by atoms with Crippen molar-refractivity contribution in [2.75, 3.05) is 31.6 Å². The average Bonchev–Trinajstić information content (AvgIpc) is 3.08. The minimum absolute atomic E-state index is 0.0164. The number of anilines is 1. The first-order valence-corrected chi connectivity index (χ1v) is 9.58. The Kier molecular flexibility index (Phi) is 7.00. The van der Waals surface area contributed by atoms with Crippen LogP contribution >= 0.6 is 0 Å². The third kappa shape index (κ3) is 6.40. The zero-order valence-corrected chi connectivity index (χ0v) is 16.6. The van der Waals surface area contributed by atoms with Crippen LogP contribution in [0, 0.1) is 12.7 Å². The van der Waals surface area contributed by atoms with Crippen LogP contribution in [0.4, 0.5) is 10.1 Å². The molecule has 0 spiro atoms. The highest BCUT2D eigenvalue weighted by molar-refractivity contribution is 5.90. The van der Waals surface area contributed by atoms with Crippen LogP contribution in [-0.2, 0) is 4.79 Å². The fourth-order valence-corrected chi connectivity index (χ4v) is 3.25. The highest BCUT2D eigenvalue weighted by Crippen LogP contribution is 2.26. The molecule has 1 fully saturated rings. The molecule has 1 saturated heterocycles. The first-order chi connectivity index (χ1) is 13.9. The number of aliphatic hydroxyl groups excluding tert-OH is 1. The van der Waals surface area contributed by atoms with Crippen molar-refractivity contribution >= 4 is 11.6 Å². The van der Waals surface area contributed by atoms with Crippen LogP contribution in [0.15, 0.2) is 36.5 Å². The summed E-state index contributed by atoms with van der Waals surface area (Å²) in [5, 5.41) is 12.9. The summed E-state index contributed by atoms with van der Waals surface area (Å²) in [5.74, 6) is 0.0332. The molecule has 1 unspecified atom stereocenters. The minimum atomic E-state index is -0.765. The Balaban J connectivity index is 1.47. The molecule has 1 aromatic heterocycles. The molecule has 1 amide bonds. The summed E-state index contributed by atoms with van der Waals surface area (Å²) in [6, 6.07) is 7.67. The molecule has 8 heteroatoms. The van der Waals surface area contributed by atoms with Crippen molar-refractivity contribution in [1.29, 1.82) is 0 Å². The van der Waals surface area contributed by atoms with Gasteiger partial charge in [-0.15, -0.1) is 0 Å². The molecule has 1 aromatic carbocycles. The predicted molar refractivity (Wildman–Crippen MR) is 107 cm³/mol. The molecule has 29 heavy (non-hydrogen) atoms. The van der Waals surface area contributed by atoms with Crippen molar-refractivity contribution in [3.8, 4) is 11.6 Å². The van der Waals surface area contributed by atoms with E-state index in [1.54, 1.807) is 6.20 Å². The third-order valence-corrected chi connectivity index (χ3v) is 4.56. The van der Waals surface area contributed by atoms with Crippen molar-refractivity contribution in [3.63, 3.8) is 0 Å². The minimum Gasteiger partial charge on any atom is -0.489 e. The Labute approximate surface area is 169 Å². The van der Waals surface area contributed by atoms with E-state index < -0.39 is 11.9 Å². The number of benzene rings is 1. The molecule has 0 aliphatic carbocycles. The number of carbonyl (C=O) groups excluding carboxylic acids is 1. The van der Waals surface area contributed by atoms with Gasteiger partial charge < -0.3 is 19.9 Å². The van der Waals surface area contributed by atoms with Gasteiger partial charge in [0.05, 0.1) is 5.69 Å². The molecular formula is C21H26FN3O4. The van der Waals surface area contributed by atoms with Crippen molar-refractivity contribution < 1.29 is 23.8 Å². The smallest absolute Gasteiger partial charge is 0.221 e. The normalized spacial score (nSPS) is 17.7. The number of hydrogen-bond donors (Lipinski definition) is 2. The Bertz CT molecular complexity index is 848. The second-order valence-electron chi connectivity index (χ2n) is 7.25. The topological polar surface area (TPSA) is 83.9 Å². The van der Waals surface area contributed by atoms with Crippen molar-refractivity contribution in [1.82, 2.24) is 9.88 Å². The number of halogens is 1. The number of amides is 1. The van der Waals surface area contributed by atoms with E-state index in [1.165, 1.54) is 25.1 Å². The van der Waals surface area contributed by atoms with E-state index in [4.69, 9.17) is 9.47 Å². The molecule has 0 saturated carbocycles. The number of likely N-dealkylation sites (tertiary alicyclic amines) is 1. The number of aryl methyl sites for hydroxylation is 1. The van der Waals surface area contributed by atoms with Crippen LogP contribution < -0.4 is 14.8 Å². The summed E-state index contributed by atoms with van der Waals surface area (Å²) in [7, 11) is 0. The number of nitrogens with one attached hydrogen (secondary N) is 1. The van der Waals surface area contributed by atoms with Gasteiger partial charge in [-0.3, -0.25) is 9.69 Å². The third-order valence-electron chi connectivity index (χ3n) is 4.56. The molecule has 0 bridgehead atoms. The second kappa shape index (κ2) is 9.67. The van der Waals surface area contributed by atoms with E-state index in [1.807, 2.05) is 19.1 Å².